The molecule has 1 aliphatic rings. The van der Waals surface area contributed by atoms with Crippen molar-refractivity contribution >= 4 is 18.5 Å². The molecular formula is C10H10NO3PS. The van der Waals surface area contributed by atoms with Gasteiger partial charge in [0.15, 0.2) is 0 Å². The molecule has 16 heavy (non-hydrogen) atoms. The van der Waals surface area contributed by atoms with Gasteiger partial charge in [0.1, 0.15) is 6.61 Å². The molecule has 1 aliphatic heterocycles. The molecule has 0 amide bonds. The van der Waals surface area contributed by atoms with Crippen molar-refractivity contribution < 1.29 is 13.6 Å². The van der Waals surface area contributed by atoms with E-state index in [1.165, 1.54) is 0 Å². The molecule has 4 nitrogen and oxygen atoms in total. The molecule has 0 saturated heterocycles. The van der Waals surface area contributed by atoms with Crippen molar-refractivity contribution in [1.82, 2.24) is 4.98 Å². The molecule has 0 saturated carbocycles. The van der Waals surface area contributed by atoms with E-state index in [1.54, 1.807) is 6.20 Å². The van der Waals surface area contributed by atoms with Crippen LogP contribution in [-0.4, -0.2) is 11.6 Å². The van der Waals surface area contributed by atoms with E-state index in [1.807, 2.05) is 13.0 Å². The van der Waals surface area contributed by atoms with Crippen LogP contribution in [0.5, 0.6) is 5.88 Å². The predicted molar refractivity (Wildman–Crippen MR) is 63.5 cm³/mol. The summed E-state index contributed by atoms with van der Waals surface area (Å²) in [7, 11) is 0. The Morgan fingerprint density at radius 1 is 1.75 bits per heavy atom. The molecule has 0 radical (unpaired) electrons. The van der Waals surface area contributed by atoms with E-state index in [-0.39, 0.29) is 6.61 Å². The van der Waals surface area contributed by atoms with Crippen LogP contribution in [0.4, 0.5) is 0 Å². The number of rotatable bonds is 2. The van der Waals surface area contributed by atoms with Gasteiger partial charge in [-0.15, -0.1) is 6.42 Å². The van der Waals surface area contributed by atoms with Gasteiger partial charge < -0.3 is 4.52 Å². The Hall–Kier alpha value is -0.920. The summed E-state index contributed by atoms with van der Waals surface area (Å²) in [6.07, 6.45) is 6.80. The smallest absolute Gasteiger partial charge is 0.383 e. The Morgan fingerprint density at radius 2 is 2.56 bits per heavy atom. The fourth-order valence-corrected chi connectivity index (χ4v) is 2.88. The zero-order chi connectivity index (χ0) is 11.6. The first-order chi connectivity index (χ1) is 7.63. The Labute approximate surface area is 99.2 Å². The largest absolute Gasteiger partial charge is 0.405 e. The maximum absolute atomic E-state index is 5.45. The van der Waals surface area contributed by atoms with Crippen LogP contribution < -0.4 is 4.52 Å². The summed E-state index contributed by atoms with van der Waals surface area (Å²) in [5.74, 6) is 2.82. The predicted octanol–water partition coefficient (Wildman–Crippen LogP) is 2.17. The molecule has 6 heteroatoms. The molecule has 0 fully saturated rings. The SMILES string of the molecule is C#CCOP1(=S)OCc2cc(C)cnc2O1. The number of nitrogens with zero attached hydrogens (tertiary/aromatic N) is 1. The second-order valence-electron chi connectivity index (χ2n) is 3.27. The third kappa shape index (κ3) is 2.42. The normalized spacial score (nSPS) is 23.0. The van der Waals surface area contributed by atoms with Gasteiger partial charge in [-0.25, -0.2) is 4.98 Å². The molecule has 1 aromatic rings. The lowest BCUT2D eigenvalue weighted by Gasteiger charge is -2.26. The highest BCUT2D eigenvalue weighted by molar-refractivity contribution is 8.07. The van der Waals surface area contributed by atoms with Crippen molar-refractivity contribution in [2.45, 2.75) is 13.5 Å². The van der Waals surface area contributed by atoms with Gasteiger partial charge in [0, 0.05) is 23.6 Å². The minimum absolute atomic E-state index is 0.0818. The highest BCUT2D eigenvalue weighted by atomic mass is 32.5. The number of hydrogen-bond donors (Lipinski definition) is 0. The van der Waals surface area contributed by atoms with Gasteiger partial charge in [-0.2, -0.15) is 0 Å². The molecule has 0 N–H and O–H groups in total. The van der Waals surface area contributed by atoms with Crippen LogP contribution in [0, 0.1) is 19.3 Å². The van der Waals surface area contributed by atoms with Gasteiger partial charge >= 0.3 is 6.72 Å². The molecule has 0 aliphatic carbocycles. The Kier molecular flexibility index (Phi) is 3.27. The summed E-state index contributed by atoms with van der Waals surface area (Å²) in [6.45, 7) is -0.363. The lowest BCUT2D eigenvalue weighted by Crippen LogP contribution is -2.11. The number of pyridine rings is 1. The molecule has 2 heterocycles. The number of aryl methyl sites for hydroxylation is 1. The maximum Gasteiger partial charge on any atom is 0.383 e. The van der Waals surface area contributed by atoms with Crippen LogP contribution >= 0.6 is 6.72 Å². The minimum atomic E-state index is -2.75. The van der Waals surface area contributed by atoms with Crippen molar-refractivity contribution in [3.63, 3.8) is 0 Å². The van der Waals surface area contributed by atoms with Crippen LogP contribution in [0.2, 0.25) is 0 Å². The number of terminal acetylenes is 1. The topological polar surface area (TPSA) is 40.6 Å². The molecule has 2 rings (SSSR count). The molecule has 0 spiro atoms. The zero-order valence-electron chi connectivity index (χ0n) is 8.67. The van der Waals surface area contributed by atoms with E-state index in [0.29, 0.717) is 12.5 Å². The van der Waals surface area contributed by atoms with Crippen molar-refractivity contribution in [2.75, 3.05) is 6.61 Å². The molecule has 1 aromatic heterocycles. The average Bonchev–Trinajstić information content (AvgIpc) is 2.27. The van der Waals surface area contributed by atoms with E-state index in [0.717, 1.165) is 11.1 Å². The van der Waals surface area contributed by atoms with Gasteiger partial charge in [0.25, 0.3) is 0 Å². The van der Waals surface area contributed by atoms with E-state index in [9.17, 15) is 0 Å². The molecular weight excluding hydrogens is 245 g/mol. The minimum Gasteiger partial charge on any atom is -0.405 e. The van der Waals surface area contributed by atoms with Crippen LogP contribution in [0.1, 0.15) is 11.1 Å². The molecule has 1 atom stereocenters. The van der Waals surface area contributed by atoms with Crippen molar-refractivity contribution in [2.24, 2.45) is 0 Å². The highest BCUT2D eigenvalue weighted by Gasteiger charge is 2.29. The third-order valence-electron chi connectivity index (χ3n) is 1.94. The second-order valence-corrected chi connectivity index (χ2v) is 6.20. The van der Waals surface area contributed by atoms with E-state index < -0.39 is 6.72 Å². The monoisotopic (exact) mass is 255 g/mol. The first-order valence-electron chi connectivity index (χ1n) is 4.61. The van der Waals surface area contributed by atoms with Crippen molar-refractivity contribution in [3.05, 3.63) is 23.4 Å². The number of aromatic nitrogens is 1. The van der Waals surface area contributed by atoms with Crippen LogP contribution in [0.15, 0.2) is 12.3 Å². The number of fused-ring (bicyclic) bond motifs is 1. The molecule has 1 unspecified atom stereocenters. The number of hydrogen-bond acceptors (Lipinski definition) is 5. The van der Waals surface area contributed by atoms with E-state index >= 15 is 0 Å². The molecule has 84 valence electrons. The summed E-state index contributed by atoms with van der Waals surface area (Å²) in [4.78, 5) is 4.15. The fraction of sp³-hybridized carbons (Fsp3) is 0.300. The van der Waals surface area contributed by atoms with Gasteiger partial charge in [0.2, 0.25) is 5.88 Å². The van der Waals surface area contributed by atoms with Gasteiger partial charge in [0.05, 0.1) is 6.61 Å². The zero-order valence-corrected chi connectivity index (χ0v) is 10.4. The van der Waals surface area contributed by atoms with Crippen LogP contribution in [-0.2, 0) is 27.5 Å². The quantitative estimate of drug-likeness (QED) is 0.598. The lowest BCUT2D eigenvalue weighted by molar-refractivity contribution is 0.189. The summed E-state index contributed by atoms with van der Waals surface area (Å²) in [5, 5.41) is 0. The maximum atomic E-state index is 5.45. The summed E-state index contributed by atoms with van der Waals surface area (Å²) >= 11 is 5.14. The highest BCUT2D eigenvalue weighted by Crippen LogP contribution is 2.53. The summed E-state index contributed by atoms with van der Waals surface area (Å²) in [5.41, 5.74) is 1.93. The average molecular weight is 255 g/mol. The second kappa shape index (κ2) is 4.52. The Morgan fingerprint density at radius 3 is 3.31 bits per heavy atom. The lowest BCUT2D eigenvalue weighted by atomic mass is 10.2. The first kappa shape index (κ1) is 11.6. The van der Waals surface area contributed by atoms with Gasteiger partial charge in [-0.05, 0) is 18.6 Å². The first-order valence-corrected chi connectivity index (χ1v) is 7.16. The van der Waals surface area contributed by atoms with Crippen molar-refractivity contribution in [3.8, 4) is 18.2 Å². The van der Waals surface area contributed by atoms with E-state index in [4.69, 9.17) is 31.8 Å². The summed E-state index contributed by atoms with van der Waals surface area (Å²) in [6, 6.07) is 1.95. The Bertz CT molecular complexity index is 497. The molecule has 0 aromatic carbocycles. The Balaban J connectivity index is 2.21. The van der Waals surface area contributed by atoms with Crippen LogP contribution in [0.3, 0.4) is 0 Å². The third-order valence-corrected chi connectivity index (χ3v) is 4.09. The summed E-state index contributed by atoms with van der Waals surface area (Å²) < 4.78 is 16.1. The van der Waals surface area contributed by atoms with Gasteiger partial charge in [-0.1, -0.05) is 5.92 Å². The van der Waals surface area contributed by atoms with Crippen LogP contribution in [0.25, 0.3) is 0 Å². The fourth-order valence-electron chi connectivity index (χ4n) is 1.26. The van der Waals surface area contributed by atoms with Crippen molar-refractivity contribution in [1.29, 1.82) is 0 Å². The standard InChI is InChI=1S/C10H10NO3PS/c1-3-4-12-15(16)13-7-9-5-8(2)6-11-10(9)14-15/h1,5-6H,4,7H2,2H3. The molecule has 0 bridgehead atoms. The van der Waals surface area contributed by atoms with E-state index in [2.05, 4.69) is 10.9 Å². The van der Waals surface area contributed by atoms with Gasteiger partial charge in [-0.3, -0.25) is 9.05 Å².